The fourth-order valence-corrected chi connectivity index (χ4v) is 2.89. The lowest BCUT2D eigenvalue weighted by atomic mass is 10.3. The molecule has 0 saturated heterocycles. The molecular weight excluding hydrogens is 244 g/mol. The number of imidazole rings is 1. The van der Waals surface area contributed by atoms with Crippen LogP contribution in [0.5, 0.6) is 0 Å². The number of anilines is 1. The fraction of sp³-hybridized carbons (Fsp3) is 0.615. The third-order valence-corrected chi connectivity index (χ3v) is 3.81. The second kappa shape index (κ2) is 6.20. The highest BCUT2D eigenvalue weighted by molar-refractivity contribution is 7.15. The maximum atomic E-state index is 4.78. The normalized spacial score (nSPS) is 11.3. The lowest BCUT2D eigenvalue weighted by Crippen LogP contribution is -2.26. The molecule has 1 N–H and O–H groups in total. The Morgan fingerprint density at radius 1 is 1.39 bits per heavy atom. The van der Waals surface area contributed by atoms with E-state index in [0.29, 0.717) is 0 Å². The second-order valence-electron chi connectivity index (χ2n) is 4.30. The van der Waals surface area contributed by atoms with Crippen molar-refractivity contribution in [3.05, 3.63) is 17.3 Å². The zero-order chi connectivity index (χ0) is 13.0. The molecule has 0 unspecified atom stereocenters. The zero-order valence-electron chi connectivity index (χ0n) is 11.4. The van der Waals surface area contributed by atoms with E-state index in [2.05, 4.69) is 47.0 Å². The summed E-state index contributed by atoms with van der Waals surface area (Å²) in [4.78, 5) is 8.24. The first-order chi connectivity index (χ1) is 8.81. The van der Waals surface area contributed by atoms with Crippen molar-refractivity contribution in [1.82, 2.24) is 14.7 Å². The number of fused-ring (bicyclic) bond motifs is 1. The molecule has 0 radical (unpaired) electrons. The third-order valence-electron chi connectivity index (χ3n) is 3.06. The smallest absolute Gasteiger partial charge is 0.195 e. The van der Waals surface area contributed by atoms with E-state index in [-0.39, 0.29) is 0 Å². The van der Waals surface area contributed by atoms with Gasteiger partial charge < -0.3 is 10.2 Å². The van der Waals surface area contributed by atoms with Crippen LogP contribution in [0.4, 0.5) is 5.82 Å². The van der Waals surface area contributed by atoms with E-state index >= 15 is 0 Å². The van der Waals surface area contributed by atoms with E-state index in [1.165, 1.54) is 5.69 Å². The molecule has 100 valence electrons. The number of nitrogens with zero attached hydrogens (tertiary/aromatic N) is 3. The molecule has 0 fully saturated rings. The fourth-order valence-electron chi connectivity index (χ4n) is 2.17. The van der Waals surface area contributed by atoms with Crippen LogP contribution in [0.3, 0.4) is 0 Å². The number of thiazole rings is 1. The minimum Gasteiger partial charge on any atom is -0.355 e. The quantitative estimate of drug-likeness (QED) is 0.836. The molecule has 2 rings (SSSR count). The van der Waals surface area contributed by atoms with Gasteiger partial charge in [-0.05, 0) is 19.9 Å². The minimum absolute atomic E-state index is 0.879. The molecular formula is C13H22N4S. The van der Waals surface area contributed by atoms with Gasteiger partial charge in [0.2, 0.25) is 0 Å². The topological polar surface area (TPSA) is 32.6 Å². The molecule has 0 spiro atoms. The average molecular weight is 266 g/mol. The summed E-state index contributed by atoms with van der Waals surface area (Å²) in [5, 5.41) is 5.51. The summed E-state index contributed by atoms with van der Waals surface area (Å²) in [5.41, 5.74) is 1.28. The molecule has 0 aliphatic rings. The van der Waals surface area contributed by atoms with Crippen LogP contribution in [0.1, 0.15) is 32.9 Å². The first-order valence-corrected chi connectivity index (χ1v) is 7.59. The summed E-state index contributed by atoms with van der Waals surface area (Å²) in [7, 11) is 0. The van der Waals surface area contributed by atoms with Crippen LogP contribution in [0.25, 0.3) is 4.96 Å². The van der Waals surface area contributed by atoms with Crippen molar-refractivity contribution in [1.29, 1.82) is 0 Å². The summed E-state index contributed by atoms with van der Waals surface area (Å²) in [6.45, 7) is 10.5. The van der Waals surface area contributed by atoms with Crippen molar-refractivity contribution in [2.24, 2.45) is 0 Å². The molecule has 0 saturated carbocycles. The van der Waals surface area contributed by atoms with Gasteiger partial charge in [-0.3, -0.25) is 4.40 Å². The summed E-state index contributed by atoms with van der Waals surface area (Å²) in [6, 6.07) is 0. The lowest BCUT2D eigenvalue weighted by molar-refractivity contribution is 0.696. The highest BCUT2D eigenvalue weighted by Crippen LogP contribution is 2.24. The summed E-state index contributed by atoms with van der Waals surface area (Å²) in [5.74, 6) is 1.15. The number of rotatable bonds is 7. The summed E-state index contributed by atoms with van der Waals surface area (Å²) in [6.07, 6.45) is 3.27. The van der Waals surface area contributed by atoms with E-state index in [4.69, 9.17) is 4.98 Å². The van der Waals surface area contributed by atoms with Crippen molar-refractivity contribution in [2.45, 2.75) is 33.7 Å². The van der Waals surface area contributed by atoms with Gasteiger partial charge in [-0.15, -0.1) is 11.3 Å². The van der Waals surface area contributed by atoms with E-state index in [9.17, 15) is 0 Å². The van der Waals surface area contributed by atoms with Crippen LogP contribution in [0, 0.1) is 0 Å². The first-order valence-electron chi connectivity index (χ1n) is 6.71. The van der Waals surface area contributed by atoms with Crippen molar-refractivity contribution in [3.63, 3.8) is 0 Å². The maximum Gasteiger partial charge on any atom is 0.195 e. The van der Waals surface area contributed by atoms with Crippen molar-refractivity contribution >= 4 is 22.1 Å². The molecule has 2 aromatic heterocycles. The predicted molar refractivity (Wildman–Crippen MR) is 78.6 cm³/mol. The molecule has 0 amide bonds. The Balaban J connectivity index is 2.37. The standard InChI is InChI=1S/C13H22N4S/c1-4-7-16(6-3)12-11(10-14-5-2)17-8-9-18-13(17)15-12/h8-9,14H,4-7,10H2,1-3H3. The Kier molecular flexibility index (Phi) is 4.60. The number of hydrogen-bond acceptors (Lipinski definition) is 4. The Hall–Kier alpha value is -1.07. The summed E-state index contributed by atoms with van der Waals surface area (Å²) >= 11 is 1.70. The summed E-state index contributed by atoms with van der Waals surface area (Å²) < 4.78 is 2.21. The van der Waals surface area contributed by atoms with Gasteiger partial charge in [0.05, 0.1) is 5.69 Å². The van der Waals surface area contributed by atoms with Crippen LogP contribution in [0.15, 0.2) is 11.6 Å². The van der Waals surface area contributed by atoms with E-state index in [0.717, 1.165) is 43.4 Å². The van der Waals surface area contributed by atoms with Crippen LogP contribution in [-0.4, -0.2) is 29.0 Å². The van der Waals surface area contributed by atoms with Gasteiger partial charge in [-0.1, -0.05) is 13.8 Å². The molecule has 0 atom stereocenters. The van der Waals surface area contributed by atoms with E-state index in [1.807, 2.05) is 0 Å². The Bertz CT molecular complexity index is 488. The van der Waals surface area contributed by atoms with Crippen LogP contribution in [-0.2, 0) is 6.54 Å². The van der Waals surface area contributed by atoms with Crippen molar-refractivity contribution < 1.29 is 0 Å². The molecule has 0 aromatic carbocycles. The Labute approximate surface area is 113 Å². The molecule has 0 aliphatic heterocycles. The highest BCUT2D eigenvalue weighted by atomic mass is 32.1. The van der Waals surface area contributed by atoms with E-state index < -0.39 is 0 Å². The van der Waals surface area contributed by atoms with Gasteiger partial charge in [0, 0.05) is 31.2 Å². The van der Waals surface area contributed by atoms with Crippen LogP contribution in [0.2, 0.25) is 0 Å². The molecule has 2 heterocycles. The van der Waals surface area contributed by atoms with Gasteiger partial charge in [0.15, 0.2) is 10.8 Å². The SMILES string of the molecule is CCCN(CC)c1nc2sccn2c1CNCC. The monoisotopic (exact) mass is 266 g/mol. The van der Waals surface area contributed by atoms with Crippen molar-refractivity contribution in [2.75, 3.05) is 24.5 Å². The molecule has 4 nitrogen and oxygen atoms in total. The average Bonchev–Trinajstić information content (AvgIpc) is 2.94. The largest absolute Gasteiger partial charge is 0.355 e. The van der Waals surface area contributed by atoms with E-state index in [1.54, 1.807) is 11.3 Å². The molecule has 0 aliphatic carbocycles. The maximum absolute atomic E-state index is 4.78. The van der Waals surface area contributed by atoms with Gasteiger partial charge in [-0.2, -0.15) is 0 Å². The number of hydrogen-bond donors (Lipinski definition) is 1. The molecule has 18 heavy (non-hydrogen) atoms. The Morgan fingerprint density at radius 2 is 2.22 bits per heavy atom. The highest BCUT2D eigenvalue weighted by Gasteiger charge is 2.16. The molecule has 5 heteroatoms. The van der Waals surface area contributed by atoms with Gasteiger partial charge in [0.25, 0.3) is 0 Å². The lowest BCUT2D eigenvalue weighted by Gasteiger charge is -2.21. The Morgan fingerprint density at radius 3 is 2.89 bits per heavy atom. The molecule has 2 aromatic rings. The second-order valence-corrected chi connectivity index (χ2v) is 5.17. The van der Waals surface area contributed by atoms with Crippen LogP contribution < -0.4 is 10.2 Å². The van der Waals surface area contributed by atoms with Crippen molar-refractivity contribution in [3.8, 4) is 0 Å². The van der Waals surface area contributed by atoms with Gasteiger partial charge in [0.1, 0.15) is 0 Å². The number of aromatic nitrogens is 2. The first kappa shape index (κ1) is 13.4. The van der Waals surface area contributed by atoms with Gasteiger partial charge in [-0.25, -0.2) is 4.98 Å². The minimum atomic E-state index is 0.879. The zero-order valence-corrected chi connectivity index (χ0v) is 12.3. The molecule has 0 bridgehead atoms. The van der Waals surface area contributed by atoms with Gasteiger partial charge >= 0.3 is 0 Å². The predicted octanol–water partition coefficient (Wildman–Crippen LogP) is 2.74. The third kappa shape index (κ3) is 2.52. The number of nitrogens with one attached hydrogen (secondary N) is 1. The van der Waals surface area contributed by atoms with Crippen LogP contribution >= 0.6 is 11.3 Å².